The van der Waals surface area contributed by atoms with Crippen molar-refractivity contribution >= 4 is 5.69 Å². The highest BCUT2D eigenvalue weighted by atomic mass is 19.2. The summed E-state index contributed by atoms with van der Waals surface area (Å²) >= 11 is 0. The molecule has 0 aromatic heterocycles. The van der Waals surface area contributed by atoms with Crippen LogP contribution in [0.15, 0.2) is 12.1 Å². The number of hydrogen-bond donors (Lipinski definition) is 1. The van der Waals surface area contributed by atoms with E-state index in [0.29, 0.717) is 17.9 Å². The van der Waals surface area contributed by atoms with E-state index in [1.165, 1.54) is 0 Å². The van der Waals surface area contributed by atoms with E-state index in [1.807, 2.05) is 0 Å². The second kappa shape index (κ2) is 4.59. The minimum atomic E-state index is -1.15. The van der Waals surface area contributed by atoms with Crippen molar-refractivity contribution in [2.75, 3.05) is 5.32 Å². The Hall–Kier alpha value is -1.19. The third-order valence-corrected chi connectivity index (χ3v) is 3.49. The molecule has 0 spiro atoms. The second-order valence-electron chi connectivity index (χ2n) is 5.06. The molecule has 0 bridgehead atoms. The van der Waals surface area contributed by atoms with E-state index in [0.717, 1.165) is 18.9 Å². The summed E-state index contributed by atoms with van der Waals surface area (Å²) in [4.78, 5) is 0. The zero-order chi connectivity index (χ0) is 12.6. The van der Waals surface area contributed by atoms with Gasteiger partial charge in [-0.2, -0.15) is 0 Å². The molecule has 0 aliphatic heterocycles. The van der Waals surface area contributed by atoms with Crippen LogP contribution in [0, 0.1) is 29.3 Å². The SMILES string of the molecule is CC(C)C1CC(Nc2cc(F)c(F)cc2F)C1. The molecule has 4 heteroatoms. The molecule has 1 saturated carbocycles. The molecule has 0 saturated heterocycles. The van der Waals surface area contributed by atoms with Crippen LogP contribution in [0.2, 0.25) is 0 Å². The highest BCUT2D eigenvalue weighted by molar-refractivity contribution is 5.46. The Morgan fingerprint density at radius 1 is 1.06 bits per heavy atom. The van der Waals surface area contributed by atoms with Crippen LogP contribution in [-0.4, -0.2) is 6.04 Å². The van der Waals surface area contributed by atoms with Gasteiger partial charge in [-0.25, -0.2) is 13.2 Å². The largest absolute Gasteiger partial charge is 0.380 e. The minimum Gasteiger partial charge on any atom is -0.380 e. The van der Waals surface area contributed by atoms with Crippen molar-refractivity contribution < 1.29 is 13.2 Å². The van der Waals surface area contributed by atoms with E-state index in [4.69, 9.17) is 0 Å². The van der Waals surface area contributed by atoms with Gasteiger partial charge in [-0.1, -0.05) is 13.8 Å². The van der Waals surface area contributed by atoms with Crippen LogP contribution in [0.1, 0.15) is 26.7 Å². The summed E-state index contributed by atoms with van der Waals surface area (Å²) in [6.45, 7) is 4.30. The Morgan fingerprint density at radius 2 is 1.65 bits per heavy atom. The van der Waals surface area contributed by atoms with Crippen molar-refractivity contribution in [3.63, 3.8) is 0 Å². The zero-order valence-corrected chi connectivity index (χ0v) is 9.93. The highest BCUT2D eigenvalue weighted by Crippen LogP contribution is 2.36. The fraction of sp³-hybridized carbons (Fsp3) is 0.538. The Kier molecular flexibility index (Phi) is 3.31. The van der Waals surface area contributed by atoms with Crippen molar-refractivity contribution in [3.8, 4) is 0 Å². The maximum Gasteiger partial charge on any atom is 0.161 e. The van der Waals surface area contributed by atoms with E-state index in [9.17, 15) is 13.2 Å². The molecule has 0 unspecified atom stereocenters. The van der Waals surface area contributed by atoms with Crippen molar-refractivity contribution in [1.29, 1.82) is 0 Å². The van der Waals surface area contributed by atoms with Gasteiger partial charge in [-0.3, -0.25) is 0 Å². The molecule has 1 fully saturated rings. The van der Waals surface area contributed by atoms with Gasteiger partial charge < -0.3 is 5.32 Å². The van der Waals surface area contributed by atoms with Crippen LogP contribution in [0.4, 0.5) is 18.9 Å². The van der Waals surface area contributed by atoms with Crippen LogP contribution in [-0.2, 0) is 0 Å². The number of nitrogens with one attached hydrogen (secondary N) is 1. The predicted octanol–water partition coefficient (Wildman–Crippen LogP) is 3.95. The van der Waals surface area contributed by atoms with Gasteiger partial charge in [0.2, 0.25) is 0 Å². The summed E-state index contributed by atoms with van der Waals surface area (Å²) in [6.07, 6.45) is 1.91. The number of halogens is 3. The predicted molar refractivity (Wildman–Crippen MR) is 61.3 cm³/mol. The number of rotatable bonds is 3. The number of hydrogen-bond acceptors (Lipinski definition) is 1. The Labute approximate surface area is 99.0 Å². The first-order valence-corrected chi connectivity index (χ1v) is 5.88. The average Bonchev–Trinajstić information content (AvgIpc) is 2.17. The minimum absolute atomic E-state index is 0.0520. The molecule has 1 aromatic rings. The summed E-state index contributed by atoms with van der Waals surface area (Å²) in [5.41, 5.74) is 0.0520. The van der Waals surface area contributed by atoms with Gasteiger partial charge in [0.05, 0.1) is 5.69 Å². The van der Waals surface area contributed by atoms with E-state index >= 15 is 0 Å². The summed E-state index contributed by atoms with van der Waals surface area (Å²) in [5.74, 6) is -1.66. The first kappa shape index (κ1) is 12.3. The first-order chi connectivity index (χ1) is 7.97. The lowest BCUT2D eigenvalue weighted by molar-refractivity contribution is 0.211. The molecule has 1 aliphatic rings. The molecule has 94 valence electrons. The Balaban J connectivity index is 1.99. The van der Waals surface area contributed by atoms with Crippen molar-refractivity contribution in [2.45, 2.75) is 32.7 Å². The average molecular weight is 243 g/mol. The Bertz CT molecular complexity index is 411. The van der Waals surface area contributed by atoms with Crippen LogP contribution in [0.3, 0.4) is 0 Å². The number of anilines is 1. The maximum atomic E-state index is 13.3. The van der Waals surface area contributed by atoms with Crippen LogP contribution in [0.25, 0.3) is 0 Å². The zero-order valence-electron chi connectivity index (χ0n) is 9.93. The maximum absolute atomic E-state index is 13.3. The quantitative estimate of drug-likeness (QED) is 0.792. The van der Waals surface area contributed by atoms with Gasteiger partial charge in [0, 0.05) is 18.2 Å². The van der Waals surface area contributed by atoms with Gasteiger partial charge in [0.1, 0.15) is 5.82 Å². The fourth-order valence-corrected chi connectivity index (χ4v) is 2.18. The molecule has 0 amide bonds. The molecule has 17 heavy (non-hydrogen) atoms. The normalized spacial score (nSPS) is 23.6. The van der Waals surface area contributed by atoms with E-state index in [1.54, 1.807) is 0 Å². The lowest BCUT2D eigenvalue weighted by Gasteiger charge is -2.39. The highest BCUT2D eigenvalue weighted by Gasteiger charge is 2.31. The molecular formula is C13H16F3N. The molecule has 1 nitrogen and oxygen atoms in total. The standard InChI is InChI=1S/C13H16F3N/c1-7(2)8-3-9(4-8)17-13-6-11(15)10(14)5-12(13)16/h5-9,17H,3-4H2,1-2H3. The van der Waals surface area contributed by atoms with E-state index in [-0.39, 0.29) is 11.7 Å². The number of benzene rings is 1. The van der Waals surface area contributed by atoms with Gasteiger partial charge in [0.25, 0.3) is 0 Å². The molecule has 0 heterocycles. The third kappa shape index (κ3) is 2.56. The van der Waals surface area contributed by atoms with Crippen molar-refractivity contribution in [3.05, 3.63) is 29.6 Å². The summed E-state index contributed by atoms with van der Waals surface area (Å²) in [6, 6.07) is 1.63. The third-order valence-electron chi connectivity index (χ3n) is 3.49. The summed E-state index contributed by atoms with van der Waals surface area (Å²) in [5, 5.41) is 2.92. The monoisotopic (exact) mass is 243 g/mol. The van der Waals surface area contributed by atoms with Crippen LogP contribution in [0.5, 0.6) is 0 Å². The van der Waals surface area contributed by atoms with Crippen LogP contribution < -0.4 is 5.32 Å². The van der Waals surface area contributed by atoms with E-state index in [2.05, 4.69) is 19.2 Å². The molecule has 1 aromatic carbocycles. The van der Waals surface area contributed by atoms with Gasteiger partial charge in [-0.15, -0.1) is 0 Å². The molecule has 2 rings (SSSR count). The summed E-state index contributed by atoms with van der Waals surface area (Å²) in [7, 11) is 0. The summed E-state index contributed by atoms with van der Waals surface area (Å²) < 4.78 is 39.0. The lowest BCUT2D eigenvalue weighted by Crippen LogP contribution is -2.38. The fourth-order valence-electron chi connectivity index (χ4n) is 2.18. The first-order valence-electron chi connectivity index (χ1n) is 5.88. The topological polar surface area (TPSA) is 12.0 Å². The van der Waals surface area contributed by atoms with Gasteiger partial charge in [0.15, 0.2) is 11.6 Å². The molecule has 1 aliphatic carbocycles. The van der Waals surface area contributed by atoms with Gasteiger partial charge in [-0.05, 0) is 24.7 Å². The second-order valence-corrected chi connectivity index (χ2v) is 5.06. The molecule has 0 radical (unpaired) electrons. The lowest BCUT2D eigenvalue weighted by atomic mass is 9.73. The van der Waals surface area contributed by atoms with Gasteiger partial charge >= 0.3 is 0 Å². The molecule has 1 N–H and O–H groups in total. The Morgan fingerprint density at radius 3 is 2.24 bits per heavy atom. The molecule has 0 atom stereocenters. The van der Waals surface area contributed by atoms with E-state index < -0.39 is 17.5 Å². The van der Waals surface area contributed by atoms with Crippen LogP contribution >= 0.6 is 0 Å². The van der Waals surface area contributed by atoms with Crippen molar-refractivity contribution in [2.24, 2.45) is 11.8 Å². The smallest absolute Gasteiger partial charge is 0.161 e. The van der Waals surface area contributed by atoms with Crippen molar-refractivity contribution in [1.82, 2.24) is 0 Å². The molecular weight excluding hydrogens is 227 g/mol.